The summed E-state index contributed by atoms with van der Waals surface area (Å²) in [6.45, 7) is 4.31. The highest BCUT2D eigenvalue weighted by atomic mass is 16.5. The third kappa shape index (κ3) is 3.46. The van der Waals surface area contributed by atoms with Crippen molar-refractivity contribution in [1.82, 2.24) is 9.47 Å². The number of rotatable bonds is 5. The third-order valence-corrected chi connectivity index (χ3v) is 3.88. The maximum atomic E-state index is 12.8. The highest BCUT2D eigenvalue weighted by molar-refractivity contribution is 6.03. The molecule has 7 heteroatoms. The van der Waals surface area contributed by atoms with E-state index in [0.29, 0.717) is 17.0 Å². The molecule has 0 radical (unpaired) electrons. The average molecular weight is 358 g/mol. The lowest BCUT2D eigenvalue weighted by molar-refractivity contribution is -0.131. The van der Waals surface area contributed by atoms with Gasteiger partial charge in [-0.1, -0.05) is 0 Å². The van der Waals surface area contributed by atoms with E-state index in [2.05, 4.69) is 0 Å². The van der Waals surface area contributed by atoms with Crippen molar-refractivity contribution in [2.45, 2.75) is 20.8 Å². The van der Waals surface area contributed by atoms with Crippen molar-refractivity contribution in [3.8, 4) is 17.2 Å². The molecule has 0 unspecified atom stereocenters. The lowest BCUT2D eigenvalue weighted by atomic mass is 10.2. The molecule has 0 N–H and O–H groups in total. The SMILES string of the molecule is COc1ccc(-n2c(C(C)=O)c(C)c(OC(C)=O)c2C(=O)N(C)C)cc1. The van der Waals surface area contributed by atoms with Gasteiger partial charge in [-0.3, -0.25) is 19.0 Å². The minimum Gasteiger partial charge on any atom is -0.497 e. The largest absolute Gasteiger partial charge is 0.497 e. The van der Waals surface area contributed by atoms with Gasteiger partial charge < -0.3 is 14.4 Å². The molecule has 0 bridgehead atoms. The Morgan fingerprint density at radius 1 is 1.00 bits per heavy atom. The molecule has 0 aliphatic heterocycles. The fourth-order valence-electron chi connectivity index (χ4n) is 2.75. The fraction of sp³-hybridized carbons (Fsp3) is 0.316. The Morgan fingerprint density at radius 2 is 1.58 bits per heavy atom. The second kappa shape index (κ2) is 7.43. The van der Waals surface area contributed by atoms with Crippen molar-refractivity contribution in [2.24, 2.45) is 0 Å². The van der Waals surface area contributed by atoms with Gasteiger partial charge in [0, 0.05) is 39.2 Å². The summed E-state index contributed by atoms with van der Waals surface area (Å²) in [5, 5.41) is 0. The van der Waals surface area contributed by atoms with Crippen molar-refractivity contribution in [1.29, 1.82) is 0 Å². The van der Waals surface area contributed by atoms with Gasteiger partial charge >= 0.3 is 5.97 Å². The summed E-state index contributed by atoms with van der Waals surface area (Å²) in [6, 6.07) is 6.91. The molecular formula is C19H22N2O5. The molecule has 7 nitrogen and oxygen atoms in total. The molecule has 0 atom stereocenters. The van der Waals surface area contributed by atoms with Crippen LogP contribution in [0.4, 0.5) is 0 Å². The summed E-state index contributed by atoms with van der Waals surface area (Å²) in [7, 11) is 4.73. The van der Waals surface area contributed by atoms with Gasteiger partial charge in [0.15, 0.2) is 17.2 Å². The number of carbonyl (C=O) groups is 3. The van der Waals surface area contributed by atoms with Crippen molar-refractivity contribution >= 4 is 17.7 Å². The van der Waals surface area contributed by atoms with E-state index in [1.807, 2.05) is 0 Å². The highest BCUT2D eigenvalue weighted by Gasteiger charge is 2.31. The molecule has 2 rings (SSSR count). The molecule has 0 aliphatic rings. The third-order valence-electron chi connectivity index (χ3n) is 3.88. The molecule has 2 aromatic rings. The van der Waals surface area contributed by atoms with Crippen molar-refractivity contribution < 1.29 is 23.9 Å². The predicted octanol–water partition coefficient (Wildman–Crippen LogP) is 2.62. The normalized spacial score (nSPS) is 10.4. The first-order valence-electron chi connectivity index (χ1n) is 7.99. The summed E-state index contributed by atoms with van der Waals surface area (Å²) in [6.07, 6.45) is 0. The Labute approximate surface area is 152 Å². The standard InChI is InChI=1S/C19H22N2O5/c1-11-16(12(2)22)21(14-7-9-15(25-6)10-8-14)17(19(24)20(4)5)18(11)26-13(3)23/h7-10H,1-6H3. The van der Waals surface area contributed by atoms with Gasteiger partial charge in [-0.2, -0.15) is 0 Å². The number of methoxy groups -OCH3 is 1. The fourth-order valence-corrected chi connectivity index (χ4v) is 2.75. The van der Waals surface area contributed by atoms with Crippen LogP contribution in [0.15, 0.2) is 24.3 Å². The molecule has 1 amide bonds. The maximum Gasteiger partial charge on any atom is 0.308 e. The molecule has 0 aliphatic carbocycles. The zero-order chi connectivity index (χ0) is 19.6. The Balaban J connectivity index is 2.87. The Bertz CT molecular complexity index is 863. The van der Waals surface area contributed by atoms with Crippen LogP contribution in [0.25, 0.3) is 5.69 Å². The smallest absolute Gasteiger partial charge is 0.308 e. The number of hydrogen-bond acceptors (Lipinski definition) is 5. The van der Waals surface area contributed by atoms with Crippen molar-refractivity contribution in [2.75, 3.05) is 21.2 Å². The van der Waals surface area contributed by atoms with E-state index in [1.165, 1.54) is 23.3 Å². The molecule has 1 aromatic carbocycles. The molecule has 26 heavy (non-hydrogen) atoms. The molecule has 0 saturated carbocycles. The number of ketones is 1. The van der Waals surface area contributed by atoms with E-state index in [1.54, 1.807) is 52.4 Å². The van der Waals surface area contributed by atoms with Gasteiger partial charge in [0.2, 0.25) is 0 Å². The van der Waals surface area contributed by atoms with E-state index < -0.39 is 5.97 Å². The van der Waals surface area contributed by atoms with Crippen LogP contribution < -0.4 is 9.47 Å². The minimum absolute atomic E-state index is 0.0946. The lowest BCUT2D eigenvalue weighted by Crippen LogP contribution is -2.26. The number of aromatic nitrogens is 1. The van der Waals surface area contributed by atoms with Crippen molar-refractivity contribution in [3.05, 3.63) is 41.2 Å². The van der Waals surface area contributed by atoms with Gasteiger partial charge in [-0.05, 0) is 31.2 Å². The number of carbonyl (C=O) groups excluding carboxylic acids is 3. The molecular weight excluding hydrogens is 336 g/mol. The van der Waals surface area contributed by atoms with Crippen LogP contribution in [-0.2, 0) is 4.79 Å². The van der Waals surface area contributed by atoms with Gasteiger partial charge in [0.1, 0.15) is 5.75 Å². The van der Waals surface area contributed by atoms with Gasteiger partial charge in [0.25, 0.3) is 5.91 Å². The first-order chi connectivity index (χ1) is 12.2. The number of benzene rings is 1. The van der Waals surface area contributed by atoms with Crippen LogP contribution >= 0.6 is 0 Å². The van der Waals surface area contributed by atoms with Gasteiger partial charge in [-0.25, -0.2) is 0 Å². The molecule has 0 spiro atoms. The lowest BCUT2D eigenvalue weighted by Gasteiger charge is -2.16. The van der Waals surface area contributed by atoms with Crippen LogP contribution in [0.1, 0.15) is 40.4 Å². The minimum atomic E-state index is -0.567. The van der Waals surface area contributed by atoms with Crippen LogP contribution in [0.5, 0.6) is 11.5 Å². The van der Waals surface area contributed by atoms with Gasteiger partial charge in [-0.15, -0.1) is 0 Å². The maximum absolute atomic E-state index is 12.8. The van der Waals surface area contributed by atoms with E-state index in [4.69, 9.17) is 9.47 Å². The number of ether oxygens (including phenoxy) is 2. The predicted molar refractivity (Wildman–Crippen MR) is 96.4 cm³/mol. The van der Waals surface area contributed by atoms with Crippen LogP contribution in [-0.4, -0.2) is 48.3 Å². The quantitative estimate of drug-likeness (QED) is 0.606. The van der Waals surface area contributed by atoms with E-state index in [9.17, 15) is 14.4 Å². The topological polar surface area (TPSA) is 77.8 Å². The average Bonchev–Trinajstić information content (AvgIpc) is 2.86. The van der Waals surface area contributed by atoms with Crippen LogP contribution in [0, 0.1) is 6.92 Å². The summed E-state index contributed by atoms with van der Waals surface area (Å²) < 4.78 is 12.0. The summed E-state index contributed by atoms with van der Waals surface area (Å²) in [5.41, 5.74) is 1.44. The monoisotopic (exact) mass is 358 g/mol. The first-order valence-corrected chi connectivity index (χ1v) is 7.99. The van der Waals surface area contributed by atoms with Crippen molar-refractivity contribution in [3.63, 3.8) is 0 Å². The molecule has 138 valence electrons. The Morgan fingerprint density at radius 3 is 2.00 bits per heavy atom. The van der Waals surface area contributed by atoms with E-state index in [-0.39, 0.29) is 28.8 Å². The summed E-state index contributed by atoms with van der Waals surface area (Å²) in [5.74, 6) is -0.458. The number of Topliss-reactive ketones (excluding diaryl/α,β-unsaturated/α-hetero) is 1. The zero-order valence-corrected chi connectivity index (χ0v) is 15.7. The van der Waals surface area contributed by atoms with E-state index >= 15 is 0 Å². The number of amides is 1. The second-order valence-corrected chi connectivity index (χ2v) is 6.03. The van der Waals surface area contributed by atoms with Gasteiger partial charge in [0.05, 0.1) is 12.8 Å². The molecule has 1 heterocycles. The number of nitrogens with zero attached hydrogens (tertiary/aromatic N) is 2. The summed E-state index contributed by atoms with van der Waals surface area (Å²) >= 11 is 0. The van der Waals surface area contributed by atoms with Crippen LogP contribution in [0.3, 0.4) is 0 Å². The highest BCUT2D eigenvalue weighted by Crippen LogP contribution is 2.34. The van der Waals surface area contributed by atoms with E-state index in [0.717, 1.165) is 0 Å². The second-order valence-electron chi connectivity index (χ2n) is 6.03. The van der Waals surface area contributed by atoms with Crippen LogP contribution in [0.2, 0.25) is 0 Å². The first kappa shape index (κ1) is 19.2. The Kier molecular flexibility index (Phi) is 5.50. The number of esters is 1. The zero-order valence-electron chi connectivity index (χ0n) is 15.7. The number of hydrogen-bond donors (Lipinski definition) is 0. The Hall–Kier alpha value is -3.09. The summed E-state index contributed by atoms with van der Waals surface area (Å²) in [4.78, 5) is 38.1. The molecule has 1 aromatic heterocycles. The molecule has 0 fully saturated rings. The molecule has 0 saturated heterocycles.